The Kier molecular flexibility index (Phi) is 2.43. The normalized spacial score (nSPS) is 10.2. The van der Waals surface area contributed by atoms with Gasteiger partial charge in [0.2, 0.25) is 5.95 Å². The summed E-state index contributed by atoms with van der Waals surface area (Å²) in [6.45, 7) is 0. The van der Waals surface area contributed by atoms with Crippen molar-refractivity contribution < 1.29 is 5.11 Å². The number of phenols is 1. The van der Waals surface area contributed by atoms with Gasteiger partial charge in [0.15, 0.2) is 0 Å². The number of anilines is 1. The number of hydrogen-bond donors (Lipinski definition) is 2. The third-order valence-corrected chi connectivity index (χ3v) is 2.14. The first-order chi connectivity index (χ1) is 7.16. The zero-order valence-corrected chi connectivity index (χ0v) is 8.44. The topological polar surface area (TPSA) is 72.0 Å². The number of phenolic OH excluding ortho intramolecular Hbond substituents is 1. The Balaban J connectivity index is 2.58. The number of nitrogen functional groups attached to an aromatic ring is 1. The van der Waals surface area contributed by atoms with Crippen molar-refractivity contribution in [3.63, 3.8) is 0 Å². The zero-order chi connectivity index (χ0) is 10.8. The van der Waals surface area contributed by atoms with Crippen molar-refractivity contribution in [2.75, 3.05) is 5.73 Å². The van der Waals surface area contributed by atoms with E-state index in [9.17, 15) is 5.11 Å². The number of aromatic nitrogens is 2. The van der Waals surface area contributed by atoms with E-state index in [1.165, 1.54) is 12.3 Å². The Morgan fingerprint density at radius 3 is 2.80 bits per heavy atom. The van der Waals surface area contributed by atoms with Gasteiger partial charge in [-0.2, -0.15) is 0 Å². The van der Waals surface area contributed by atoms with Gasteiger partial charge in [-0.05, 0) is 24.3 Å². The molecule has 0 saturated heterocycles. The molecule has 0 fully saturated rings. The van der Waals surface area contributed by atoms with Crippen molar-refractivity contribution in [1.82, 2.24) is 9.97 Å². The largest absolute Gasteiger partial charge is 0.507 e. The van der Waals surface area contributed by atoms with Gasteiger partial charge >= 0.3 is 0 Å². The van der Waals surface area contributed by atoms with Crippen LogP contribution in [0.4, 0.5) is 5.95 Å². The summed E-state index contributed by atoms with van der Waals surface area (Å²) in [6.07, 6.45) is 1.53. The second-order valence-corrected chi connectivity index (χ2v) is 3.40. The molecule has 76 valence electrons. The van der Waals surface area contributed by atoms with E-state index in [0.29, 0.717) is 16.3 Å². The average Bonchev–Trinajstić information content (AvgIpc) is 2.22. The van der Waals surface area contributed by atoms with E-state index in [1.807, 2.05) is 0 Å². The van der Waals surface area contributed by atoms with Crippen LogP contribution < -0.4 is 5.73 Å². The van der Waals surface area contributed by atoms with Crippen molar-refractivity contribution in [1.29, 1.82) is 0 Å². The molecule has 4 nitrogen and oxygen atoms in total. The van der Waals surface area contributed by atoms with Crippen LogP contribution in [-0.4, -0.2) is 15.1 Å². The maximum atomic E-state index is 9.62. The number of nitrogens with two attached hydrogens (primary N) is 1. The summed E-state index contributed by atoms with van der Waals surface area (Å²) in [4.78, 5) is 7.76. The molecule has 0 bridgehead atoms. The lowest BCUT2D eigenvalue weighted by Gasteiger charge is -2.04. The molecular weight excluding hydrogens is 214 g/mol. The van der Waals surface area contributed by atoms with E-state index in [4.69, 9.17) is 17.3 Å². The molecular formula is C10H8ClN3O. The smallest absolute Gasteiger partial charge is 0.220 e. The molecule has 0 aliphatic carbocycles. The zero-order valence-electron chi connectivity index (χ0n) is 7.68. The Bertz CT molecular complexity index is 502. The molecule has 2 aromatic rings. The van der Waals surface area contributed by atoms with Crippen molar-refractivity contribution in [3.8, 4) is 17.0 Å². The Morgan fingerprint density at radius 2 is 2.07 bits per heavy atom. The standard InChI is InChI=1S/C10H8ClN3O/c11-6-1-2-9(15)7(5-6)8-3-4-13-10(12)14-8/h1-5,15H,(H2,12,13,14). The van der Waals surface area contributed by atoms with Crippen molar-refractivity contribution in [3.05, 3.63) is 35.5 Å². The fourth-order valence-corrected chi connectivity index (χ4v) is 1.41. The second kappa shape index (κ2) is 3.74. The van der Waals surface area contributed by atoms with Crippen LogP contribution in [0, 0.1) is 0 Å². The van der Waals surface area contributed by atoms with Gasteiger partial charge in [0.1, 0.15) is 5.75 Å². The minimum Gasteiger partial charge on any atom is -0.507 e. The number of hydrogen-bond acceptors (Lipinski definition) is 4. The maximum absolute atomic E-state index is 9.62. The molecule has 0 atom stereocenters. The van der Waals surface area contributed by atoms with Crippen molar-refractivity contribution in [2.24, 2.45) is 0 Å². The van der Waals surface area contributed by atoms with Crippen LogP contribution in [-0.2, 0) is 0 Å². The number of benzene rings is 1. The van der Waals surface area contributed by atoms with Gasteiger partial charge in [-0.25, -0.2) is 9.97 Å². The predicted molar refractivity (Wildman–Crippen MR) is 58.6 cm³/mol. The van der Waals surface area contributed by atoms with Gasteiger partial charge in [-0.15, -0.1) is 0 Å². The fraction of sp³-hybridized carbons (Fsp3) is 0. The molecule has 5 heteroatoms. The highest BCUT2D eigenvalue weighted by molar-refractivity contribution is 6.30. The third kappa shape index (κ3) is 1.99. The van der Waals surface area contributed by atoms with Gasteiger partial charge in [0.05, 0.1) is 5.69 Å². The quantitative estimate of drug-likeness (QED) is 0.774. The van der Waals surface area contributed by atoms with E-state index in [0.717, 1.165) is 0 Å². The molecule has 0 spiro atoms. The maximum Gasteiger partial charge on any atom is 0.220 e. The molecule has 0 unspecified atom stereocenters. The van der Waals surface area contributed by atoms with Crippen LogP contribution in [0.3, 0.4) is 0 Å². The lowest BCUT2D eigenvalue weighted by atomic mass is 10.1. The number of halogens is 1. The second-order valence-electron chi connectivity index (χ2n) is 2.96. The molecule has 0 saturated carbocycles. The summed E-state index contributed by atoms with van der Waals surface area (Å²) in [5.74, 6) is 0.268. The van der Waals surface area contributed by atoms with Gasteiger partial charge < -0.3 is 10.8 Å². The first-order valence-corrected chi connectivity index (χ1v) is 4.62. The first kappa shape index (κ1) is 9.73. The van der Waals surface area contributed by atoms with Crippen LogP contribution >= 0.6 is 11.6 Å². The first-order valence-electron chi connectivity index (χ1n) is 4.24. The molecule has 1 aromatic heterocycles. The molecule has 1 heterocycles. The number of aromatic hydroxyl groups is 1. The predicted octanol–water partition coefficient (Wildman–Crippen LogP) is 2.08. The summed E-state index contributed by atoms with van der Waals surface area (Å²) < 4.78 is 0. The molecule has 0 amide bonds. The van der Waals surface area contributed by atoms with Crippen LogP contribution in [0.25, 0.3) is 11.3 Å². The van der Waals surface area contributed by atoms with Gasteiger partial charge in [0.25, 0.3) is 0 Å². The van der Waals surface area contributed by atoms with Crippen LogP contribution in [0.2, 0.25) is 5.02 Å². The SMILES string of the molecule is Nc1nccc(-c2cc(Cl)ccc2O)n1. The van der Waals surface area contributed by atoms with E-state index < -0.39 is 0 Å². The summed E-state index contributed by atoms with van der Waals surface area (Å²) >= 11 is 5.82. The molecule has 0 radical (unpaired) electrons. The van der Waals surface area contributed by atoms with Gasteiger partial charge in [-0.3, -0.25) is 0 Å². The van der Waals surface area contributed by atoms with Crippen LogP contribution in [0.5, 0.6) is 5.75 Å². The minimum absolute atomic E-state index is 0.109. The third-order valence-electron chi connectivity index (χ3n) is 1.91. The molecule has 0 aliphatic rings. The molecule has 15 heavy (non-hydrogen) atoms. The Hall–Kier alpha value is -1.81. The molecule has 0 aliphatic heterocycles. The van der Waals surface area contributed by atoms with Gasteiger partial charge in [-0.1, -0.05) is 11.6 Å². The number of nitrogens with zero attached hydrogens (tertiary/aromatic N) is 2. The lowest BCUT2D eigenvalue weighted by molar-refractivity contribution is 0.477. The Morgan fingerprint density at radius 1 is 1.27 bits per heavy atom. The summed E-state index contributed by atoms with van der Waals surface area (Å²) in [7, 11) is 0. The highest BCUT2D eigenvalue weighted by atomic mass is 35.5. The van der Waals surface area contributed by atoms with E-state index >= 15 is 0 Å². The van der Waals surface area contributed by atoms with E-state index in [1.54, 1.807) is 18.2 Å². The van der Waals surface area contributed by atoms with Crippen molar-refractivity contribution in [2.45, 2.75) is 0 Å². The summed E-state index contributed by atoms with van der Waals surface area (Å²) in [6, 6.07) is 6.39. The lowest BCUT2D eigenvalue weighted by Crippen LogP contribution is -1.95. The minimum atomic E-state index is 0.109. The average molecular weight is 222 g/mol. The van der Waals surface area contributed by atoms with E-state index in [2.05, 4.69) is 9.97 Å². The highest BCUT2D eigenvalue weighted by Crippen LogP contribution is 2.30. The number of rotatable bonds is 1. The van der Waals surface area contributed by atoms with E-state index in [-0.39, 0.29) is 11.7 Å². The molecule has 3 N–H and O–H groups in total. The fourth-order valence-electron chi connectivity index (χ4n) is 1.24. The monoisotopic (exact) mass is 221 g/mol. The van der Waals surface area contributed by atoms with Crippen LogP contribution in [0.1, 0.15) is 0 Å². The highest BCUT2D eigenvalue weighted by Gasteiger charge is 2.06. The Labute approximate surface area is 91.4 Å². The van der Waals surface area contributed by atoms with Crippen LogP contribution in [0.15, 0.2) is 30.5 Å². The van der Waals surface area contributed by atoms with Gasteiger partial charge in [0, 0.05) is 16.8 Å². The van der Waals surface area contributed by atoms with Crippen molar-refractivity contribution >= 4 is 17.5 Å². The summed E-state index contributed by atoms with van der Waals surface area (Å²) in [5, 5.41) is 10.1. The molecule has 2 rings (SSSR count). The molecule has 1 aromatic carbocycles. The summed E-state index contributed by atoms with van der Waals surface area (Å²) in [5.41, 5.74) is 6.53.